The fourth-order valence-electron chi connectivity index (χ4n) is 1.25. The van der Waals surface area contributed by atoms with Crippen molar-refractivity contribution < 1.29 is 9.53 Å². The van der Waals surface area contributed by atoms with Crippen LogP contribution in [0.3, 0.4) is 0 Å². The maximum Gasteiger partial charge on any atom is 0.351 e. The van der Waals surface area contributed by atoms with E-state index in [1.54, 1.807) is 12.1 Å². The highest BCUT2D eigenvalue weighted by atomic mass is 35.5. The minimum absolute atomic E-state index is 0.112. The van der Waals surface area contributed by atoms with Crippen molar-refractivity contribution in [2.45, 2.75) is 0 Å². The number of methoxy groups -OCH3 is 1. The monoisotopic (exact) mass is 302 g/mol. The van der Waals surface area contributed by atoms with Gasteiger partial charge in [-0.2, -0.15) is 0 Å². The van der Waals surface area contributed by atoms with E-state index in [1.807, 2.05) is 12.1 Å². The third kappa shape index (κ3) is 2.75. The number of nitrogens with one attached hydrogen (secondary N) is 1. The summed E-state index contributed by atoms with van der Waals surface area (Å²) in [6, 6.07) is 7.21. The normalized spacial score (nSPS) is 10.2. The van der Waals surface area contributed by atoms with Gasteiger partial charge >= 0.3 is 5.97 Å². The van der Waals surface area contributed by atoms with Crippen molar-refractivity contribution in [1.29, 1.82) is 0 Å². The number of anilines is 2. The number of aromatic nitrogens is 1. The number of thiazole rings is 1. The predicted molar refractivity (Wildman–Crippen MR) is 73.2 cm³/mol. The second kappa shape index (κ2) is 5.56. The van der Waals surface area contributed by atoms with Gasteiger partial charge in [-0.25, -0.2) is 9.78 Å². The molecule has 7 heteroatoms. The summed E-state index contributed by atoms with van der Waals surface area (Å²) in [5, 5.41) is 4.15. The number of benzene rings is 1. The highest BCUT2D eigenvalue weighted by molar-refractivity contribution is 7.18. The number of carbonyl (C=O) groups is 1. The summed E-state index contributed by atoms with van der Waals surface area (Å²) in [7, 11) is 1.29. The first kappa shape index (κ1) is 13.1. The highest BCUT2D eigenvalue weighted by Gasteiger charge is 2.17. The van der Waals surface area contributed by atoms with Crippen molar-refractivity contribution in [2.24, 2.45) is 0 Å². The molecule has 0 aliphatic heterocycles. The molecular formula is C11H8Cl2N2O2S. The summed E-state index contributed by atoms with van der Waals surface area (Å²) >= 11 is 13.0. The van der Waals surface area contributed by atoms with Crippen LogP contribution in [0.5, 0.6) is 0 Å². The predicted octanol–water partition coefficient (Wildman–Crippen LogP) is 3.98. The zero-order valence-corrected chi connectivity index (χ0v) is 11.6. The Balaban J connectivity index is 2.26. The molecule has 0 saturated carbocycles. The SMILES string of the molecule is COC(=O)c1sc(Nc2ccccc2Cl)nc1Cl. The molecule has 0 unspecified atom stereocenters. The summed E-state index contributed by atoms with van der Waals surface area (Å²) < 4.78 is 4.60. The van der Waals surface area contributed by atoms with Crippen LogP contribution >= 0.6 is 34.5 Å². The zero-order valence-electron chi connectivity index (χ0n) is 9.24. The number of para-hydroxylation sites is 1. The van der Waals surface area contributed by atoms with Gasteiger partial charge in [0.05, 0.1) is 17.8 Å². The summed E-state index contributed by atoms with van der Waals surface area (Å²) in [6.45, 7) is 0. The van der Waals surface area contributed by atoms with Crippen LogP contribution in [0.4, 0.5) is 10.8 Å². The van der Waals surface area contributed by atoms with Gasteiger partial charge in [-0.3, -0.25) is 0 Å². The first-order chi connectivity index (χ1) is 8.61. The van der Waals surface area contributed by atoms with Crippen molar-refractivity contribution in [3.8, 4) is 0 Å². The molecule has 2 aromatic rings. The van der Waals surface area contributed by atoms with Gasteiger partial charge in [-0.15, -0.1) is 0 Å². The Kier molecular flexibility index (Phi) is 4.06. The number of hydrogen-bond acceptors (Lipinski definition) is 5. The average Bonchev–Trinajstić information content (AvgIpc) is 2.72. The summed E-state index contributed by atoms with van der Waals surface area (Å²) in [4.78, 5) is 15.7. The lowest BCUT2D eigenvalue weighted by molar-refractivity contribution is 0.0606. The average molecular weight is 303 g/mol. The van der Waals surface area contributed by atoms with Gasteiger partial charge in [-0.05, 0) is 12.1 Å². The van der Waals surface area contributed by atoms with Gasteiger partial charge in [0.2, 0.25) is 0 Å². The Bertz CT molecular complexity index is 586. The van der Waals surface area contributed by atoms with Crippen LogP contribution < -0.4 is 5.32 Å². The van der Waals surface area contributed by atoms with Crippen molar-refractivity contribution in [3.05, 3.63) is 39.3 Å². The molecular weight excluding hydrogens is 295 g/mol. The molecule has 0 amide bonds. The van der Waals surface area contributed by atoms with Crippen molar-refractivity contribution in [3.63, 3.8) is 0 Å². The first-order valence-electron chi connectivity index (χ1n) is 4.88. The van der Waals surface area contributed by atoms with Crippen LogP contribution in [-0.2, 0) is 4.74 Å². The third-order valence-corrected chi connectivity index (χ3v) is 3.74. The number of hydrogen-bond donors (Lipinski definition) is 1. The molecule has 0 aliphatic carbocycles. The second-order valence-corrected chi connectivity index (χ2v) is 5.00. The van der Waals surface area contributed by atoms with Crippen molar-refractivity contribution in [2.75, 3.05) is 12.4 Å². The van der Waals surface area contributed by atoms with E-state index in [0.29, 0.717) is 15.8 Å². The van der Waals surface area contributed by atoms with E-state index in [0.717, 1.165) is 11.3 Å². The topological polar surface area (TPSA) is 51.2 Å². The molecule has 0 aliphatic rings. The number of carbonyl (C=O) groups excluding carboxylic acids is 1. The molecule has 0 radical (unpaired) electrons. The first-order valence-corrected chi connectivity index (χ1v) is 6.45. The van der Waals surface area contributed by atoms with Crippen LogP contribution in [0.2, 0.25) is 10.2 Å². The Hall–Kier alpha value is -1.30. The van der Waals surface area contributed by atoms with Crippen LogP contribution in [0.15, 0.2) is 24.3 Å². The lowest BCUT2D eigenvalue weighted by Gasteiger charge is -2.03. The van der Waals surface area contributed by atoms with Gasteiger partial charge in [-0.1, -0.05) is 46.7 Å². The van der Waals surface area contributed by atoms with Crippen molar-refractivity contribution >= 4 is 51.3 Å². The highest BCUT2D eigenvalue weighted by Crippen LogP contribution is 2.31. The molecule has 18 heavy (non-hydrogen) atoms. The minimum atomic E-state index is -0.510. The third-order valence-electron chi connectivity index (χ3n) is 2.07. The molecule has 0 bridgehead atoms. The van der Waals surface area contributed by atoms with Crippen molar-refractivity contribution in [1.82, 2.24) is 4.98 Å². The van der Waals surface area contributed by atoms with E-state index >= 15 is 0 Å². The second-order valence-electron chi connectivity index (χ2n) is 3.24. The van der Waals surface area contributed by atoms with Gasteiger partial charge in [0, 0.05) is 0 Å². The van der Waals surface area contributed by atoms with E-state index in [2.05, 4.69) is 15.0 Å². The smallest absolute Gasteiger partial charge is 0.351 e. The van der Waals surface area contributed by atoms with E-state index < -0.39 is 5.97 Å². The van der Waals surface area contributed by atoms with E-state index in [9.17, 15) is 4.79 Å². The number of rotatable bonds is 3. The largest absolute Gasteiger partial charge is 0.465 e. The molecule has 2 rings (SSSR count). The standard InChI is InChI=1S/C11H8Cl2N2O2S/c1-17-10(16)8-9(13)15-11(18-8)14-7-5-3-2-4-6(7)12/h2-5H,1H3,(H,14,15). The quantitative estimate of drug-likeness (QED) is 0.871. The molecule has 94 valence electrons. The lowest BCUT2D eigenvalue weighted by atomic mass is 10.3. The molecule has 1 aromatic heterocycles. The summed E-state index contributed by atoms with van der Waals surface area (Å²) in [6.07, 6.45) is 0. The van der Waals surface area contributed by atoms with E-state index in [-0.39, 0.29) is 10.0 Å². The maximum atomic E-state index is 11.4. The number of nitrogens with zero attached hydrogens (tertiary/aromatic N) is 1. The lowest BCUT2D eigenvalue weighted by Crippen LogP contribution is -1.98. The molecule has 0 atom stereocenters. The van der Waals surface area contributed by atoms with Gasteiger partial charge in [0.15, 0.2) is 15.2 Å². The minimum Gasteiger partial charge on any atom is -0.465 e. The van der Waals surface area contributed by atoms with Crippen LogP contribution in [-0.4, -0.2) is 18.1 Å². The van der Waals surface area contributed by atoms with Crippen LogP contribution in [0.25, 0.3) is 0 Å². The molecule has 1 heterocycles. The zero-order chi connectivity index (χ0) is 13.1. The van der Waals surface area contributed by atoms with Crippen LogP contribution in [0, 0.1) is 0 Å². The number of esters is 1. The molecule has 0 fully saturated rings. The summed E-state index contributed by atoms with van der Waals surface area (Å²) in [5.74, 6) is -0.510. The van der Waals surface area contributed by atoms with Gasteiger partial charge in [0.25, 0.3) is 0 Å². The number of ether oxygens (including phenoxy) is 1. The van der Waals surface area contributed by atoms with E-state index in [4.69, 9.17) is 23.2 Å². The van der Waals surface area contributed by atoms with E-state index in [1.165, 1.54) is 7.11 Å². The van der Waals surface area contributed by atoms with Gasteiger partial charge in [0.1, 0.15) is 0 Å². The molecule has 0 saturated heterocycles. The summed E-state index contributed by atoms with van der Waals surface area (Å²) in [5.41, 5.74) is 0.695. The molecule has 1 N–H and O–H groups in total. The Labute approximate surface area is 118 Å². The Morgan fingerprint density at radius 1 is 1.39 bits per heavy atom. The Morgan fingerprint density at radius 3 is 2.78 bits per heavy atom. The Morgan fingerprint density at radius 2 is 2.11 bits per heavy atom. The molecule has 4 nitrogen and oxygen atoms in total. The number of halogens is 2. The van der Waals surface area contributed by atoms with Crippen LogP contribution in [0.1, 0.15) is 9.67 Å². The maximum absolute atomic E-state index is 11.4. The molecule has 1 aromatic carbocycles. The fraction of sp³-hybridized carbons (Fsp3) is 0.0909. The fourth-order valence-corrected chi connectivity index (χ4v) is 2.55. The molecule has 0 spiro atoms. The van der Waals surface area contributed by atoms with Gasteiger partial charge < -0.3 is 10.1 Å².